The molecule has 0 spiro atoms. The van der Waals surface area contributed by atoms with Crippen LogP contribution in [0.1, 0.15) is 15.9 Å². The number of benzene rings is 2. The van der Waals surface area contributed by atoms with Crippen LogP contribution in [0, 0.1) is 5.82 Å². The third-order valence-corrected chi connectivity index (χ3v) is 3.12. The first-order valence-corrected chi connectivity index (χ1v) is 6.61. The van der Waals surface area contributed by atoms with Crippen LogP contribution in [-0.2, 0) is 6.42 Å². The summed E-state index contributed by atoms with van der Waals surface area (Å²) < 4.78 is 13.6. The molecular formula is C16H17FN2O2. The van der Waals surface area contributed by atoms with Gasteiger partial charge in [-0.2, -0.15) is 0 Å². The lowest BCUT2D eigenvalue weighted by Gasteiger charge is -2.17. The molecule has 0 radical (unpaired) electrons. The maximum absolute atomic E-state index is 13.6. The summed E-state index contributed by atoms with van der Waals surface area (Å²) in [7, 11) is 0. The van der Waals surface area contributed by atoms with Gasteiger partial charge in [0.2, 0.25) is 0 Å². The quantitative estimate of drug-likeness (QED) is 0.734. The molecule has 1 amide bonds. The fourth-order valence-corrected chi connectivity index (χ4v) is 2.04. The number of carbonyl (C=O) groups excluding carboxylic acids is 1. The summed E-state index contributed by atoms with van der Waals surface area (Å²) in [4.78, 5) is 12.1. The molecule has 0 aliphatic rings. The molecule has 0 bridgehead atoms. The van der Waals surface area contributed by atoms with Crippen LogP contribution >= 0.6 is 0 Å². The predicted octanol–water partition coefficient (Wildman–Crippen LogP) is 1.74. The molecule has 21 heavy (non-hydrogen) atoms. The van der Waals surface area contributed by atoms with E-state index < -0.39 is 17.8 Å². The van der Waals surface area contributed by atoms with Crippen molar-refractivity contribution in [2.75, 3.05) is 12.3 Å². The average molecular weight is 288 g/mol. The van der Waals surface area contributed by atoms with Gasteiger partial charge in [0.25, 0.3) is 5.91 Å². The molecule has 0 saturated heterocycles. The van der Waals surface area contributed by atoms with Gasteiger partial charge in [0, 0.05) is 5.69 Å². The van der Waals surface area contributed by atoms with E-state index in [1.165, 1.54) is 12.1 Å². The topological polar surface area (TPSA) is 75.4 Å². The zero-order valence-electron chi connectivity index (χ0n) is 11.4. The highest BCUT2D eigenvalue weighted by Gasteiger charge is 2.17. The van der Waals surface area contributed by atoms with Crippen molar-refractivity contribution in [1.82, 2.24) is 5.32 Å². The molecule has 4 N–H and O–H groups in total. The third kappa shape index (κ3) is 4.03. The molecule has 0 aliphatic carbocycles. The zero-order valence-corrected chi connectivity index (χ0v) is 11.4. The van der Waals surface area contributed by atoms with Crippen molar-refractivity contribution in [3.63, 3.8) is 0 Å². The van der Waals surface area contributed by atoms with Crippen LogP contribution in [0.5, 0.6) is 0 Å². The lowest BCUT2D eigenvalue weighted by atomic mass is 10.1. The number of aliphatic hydroxyl groups excluding tert-OH is 1. The van der Waals surface area contributed by atoms with Gasteiger partial charge < -0.3 is 16.2 Å². The van der Waals surface area contributed by atoms with Gasteiger partial charge in [-0.3, -0.25) is 4.79 Å². The summed E-state index contributed by atoms with van der Waals surface area (Å²) in [6, 6.07) is 12.8. The summed E-state index contributed by atoms with van der Waals surface area (Å²) in [5.41, 5.74) is 6.72. The summed E-state index contributed by atoms with van der Waals surface area (Å²) in [6.07, 6.45) is 0.465. The fraction of sp³-hybridized carbons (Fsp3) is 0.188. The Kier molecular flexibility index (Phi) is 4.90. The Balaban J connectivity index is 2.07. The minimum atomic E-state index is -0.641. The first-order valence-electron chi connectivity index (χ1n) is 6.61. The second-order valence-electron chi connectivity index (χ2n) is 4.78. The second-order valence-corrected chi connectivity index (χ2v) is 4.78. The van der Waals surface area contributed by atoms with Crippen LogP contribution in [-0.4, -0.2) is 23.7 Å². The van der Waals surface area contributed by atoms with Gasteiger partial charge >= 0.3 is 0 Å². The number of carbonyl (C=O) groups is 1. The molecular weight excluding hydrogens is 271 g/mol. The van der Waals surface area contributed by atoms with Gasteiger partial charge in [0.1, 0.15) is 5.82 Å². The van der Waals surface area contributed by atoms with E-state index in [9.17, 15) is 14.3 Å². The highest BCUT2D eigenvalue weighted by molar-refractivity contribution is 5.95. The van der Waals surface area contributed by atoms with Crippen LogP contribution < -0.4 is 11.1 Å². The number of hydrogen-bond acceptors (Lipinski definition) is 3. The zero-order chi connectivity index (χ0) is 15.2. The fourth-order valence-electron chi connectivity index (χ4n) is 2.04. The van der Waals surface area contributed by atoms with Crippen molar-refractivity contribution in [2.24, 2.45) is 0 Å². The first kappa shape index (κ1) is 15.0. The molecule has 5 heteroatoms. The van der Waals surface area contributed by atoms with Crippen LogP contribution in [0.25, 0.3) is 0 Å². The summed E-state index contributed by atoms with van der Waals surface area (Å²) in [6.45, 7) is -0.232. The van der Waals surface area contributed by atoms with E-state index in [0.29, 0.717) is 12.1 Å². The lowest BCUT2D eigenvalue weighted by molar-refractivity contribution is 0.0912. The van der Waals surface area contributed by atoms with Crippen LogP contribution in [0.15, 0.2) is 48.5 Å². The predicted molar refractivity (Wildman–Crippen MR) is 79.3 cm³/mol. The smallest absolute Gasteiger partial charge is 0.254 e. The largest absolute Gasteiger partial charge is 0.399 e. The highest BCUT2D eigenvalue weighted by atomic mass is 19.1. The Bertz CT molecular complexity index is 617. The number of nitrogen functional groups attached to an aromatic ring is 1. The number of aliphatic hydroxyl groups is 1. The van der Waals surface area contributed by atoms with Crippen molar-refractivity contribution >= 4 is 11.6 Å². The Hall–Kier alpha value is -2.40. The second kappa shape index (κ2) is 6.85. The molecule has 0 fully saturated rings. The summed E-state index contributed by atoms with van der Waals surface area (Å²) in [5.74, 6) is -1.23. The van der Waals surface area contributed by atoms with Gasteiger partial charge in [0.05, 0.1) is 18.2 Å². The Morgan fingerprint density at radius 3 is 2.62 bits per heavy atom. The number of amides is 1. The van der Waals surface area contributed by atoms with E-state index in [0.717, 1.165) is 11.6 Å². The van der Waals surface area contributed by atoms with Crippen LogP contribution in [0.4, 0.5) is 10.1 Å². The third-order valence-electron chi connectivity index (χ3n) is 3.12. The summed E-state index contributed by atoms with van der Waals surface area (Å²) in [5, 5.41) is 12.0. The average Bonchev–Trinajstić information content (AvgIpc) is 2.50. The number of nitrogens with two attached hydrogens (primary N) is 1. The minimum absolute atomic E-state index is 0.124. The molecule has 1 atom stereocenters. The molecule has 2 aromatic rings. The minimum Gasteiger partial charge on any atom is -0.399 e. The number of nitrogens with one attached hydrogen (secondary N) is 1. The SMILES string of the molecule is Nc1ccc(F)c(C(=O)NC(CO)Cc2ccccc2)c1. The number of rotatable bonds is 5. The maximum Gasteiger partial charge on any atom is 0.254 e. The van der Waals surface area contributed by atoms with Crippen molar-refractivity contribution in [2.45, 2.75) is 12.5 Å². The Morgan fingerprint density at radius 2 is 1.95 bits per heavy atom. The van der Waals surface area contributed by atoms with E-state index in [1.807, 2.05) is 30.3 Å². The van der Waals surface area contributed by atoms with Crippen LogP contribution in [0.2, 0.25) is 0 Å². The normalized spacial score (nSPS) is 11.9. The molecule has 110 valence electrons. The molecule has 0 saturated carbocycles. The van der Waals surface area contributed by atoms with Gasteiger partial charge in [-0.15, -0.1) is 0 Å². The molecule has 1 unspecified atom stereocenters. The van der Waals surface area contributed by atoms with Crippen LogP contribution in [0.3, 0.4) is 0 Å². The monoisotopic (exact) mass is 288 g/mol. The van der Waals surface area contributed by atoms with E-state index in [4.69, 9.17) is 5.73 Å². The van der Waals surface area contributed by atoms with Gasteiger partial charge in [-0.25, -0.2) is 4.39 Å². The lowest BCUT2D eigenvalue weighted by Crippen LogP contribution is -2.39. The molecule has 2 aromatic carbocycles. The van der Waals surface area contributed by atoms with Gasteiger partial charge in [-0.1, -0.05) is 30.3 Å². The number of halogens is 1. The van der Waals surface area contributed by atoms with Crippen molar-refractivity contribution in [1.29, 1.82) is 0 Å². The van der Waals surface area contributed by atoms with E-state index in [1.54, 1.807) is 0 Å². The van der Waals surface area contributed by atoms with Crippen molar-refractivity contribution in [3.05, 3.63) is 65.5 Å². The highest BCUT2D eigenvalue weighted by Crippen LogP contribution is 2.12. The number of hydrogen-bond donors (Lipinski definition) is 3. The van der Waals surface area contributed by atoms with Crippen molar-refractivity contribution < 1.29 is 14.3 Å². The van der Waals surface area contributed by atoms with Gasteiger partial charge in [0.15, 0.2) is 0 Å². The first-order chi connectivity index (χ1) is 10.1. The molecule has 4 nitrogen and oxygen atoms in total. The van der Waals surface area contributed by atoms with E-state index in [2.05, 4.69) is 5.32 Å². The Labute approximate surface area is 122 Å². The molecule has 0 aliphatic heterocycles. The molecule has 0 aromatic heterocycles. The standard InChI is InChI=1S/C16H17FN2O2/c17-15-7-6-12(18)9-14(15)16(21)19-13(10-20)8-11-4-2-1-3-5-11/h1-7,9,13,20H,8,10,18H2,(H,19,21). The maximum atomic E-state index is 13.6. The van der Waals surface area contributed by atoms with Gasteiger partial charge in [-0.05, 0) is 30.2 Å². The summed E-state index contributed by atoms with van der Waals surface area (Å²) >= 11 is 0. The molecule has 2 rings (SSSR count). The van der Waals surface area contributed by atoms with E-state index in [-0.39, 0.29) is 12.2 Å². The molecule has 0 heterocycles. The van der Waals surface area contributed by atoms with E-state index >= 15 is 0 Å². The van der Waals surface area contributed by atoms with Crippen molar-refractivity contribution in [3.8, 4) is 0 Å². The number of anilines is 1. The Morgan fingerprint density at radius 1 is 1.24 bits per heavy atom.